The van der Waals surface area contributed by atoms with Crippen molar-refractivity contribution in [1.29, 1.82) is 0 Å². The minimum Gasteiger partial charge on any atom is -0.296 e. The van der Waals surface area contributed by atoms with Gasteiger partial charge in [-0.2, -0.15) is 5.10 Å². The highest BCUT2D eigenvalue weighted by Gasteiger charge is 2.20. The number of halogens is 1. The Bertz CT molecular complexity index is 635. The molecule has 2 heterocycles. The zero-order valence-corrected chi connectivity index (χ0v) is 14.8. The van der Waals surface area contributed by atoms with Gasteiger partial charge in [0.1, 0.15) is 0 Å². The van der Waals surface area contributed by atoms with E-state index in [0.29, 0.717) is 15.3 Å². The Hall–Kier alpha value is -0.860. The van der Waals surface area contributed by atoms with Crippen LogP contribution in [0.2, 0.25) is 0 Å². The number of nitrogens with zero attached hydrogens (tertiary/aromatic N) is 2. The van der Waals surface area contributed by atoms with Crippen molar-refractivity contribution in [3.8, 4) is 0 Å². The zero-order valence-electron chi connectivity index (χ0n) is 11.6. The SMILES string of the molecule is CSc1sc(NC(=O)c2n[nH]c(C(C)C)c2Br)nc1C. The van der Waals surface area contributed by atoms with Crippen LogP contribution >= 0.6 is 39.0 Å². The van der Waals surface area contributed by atoms with E-state index in [1.165, 1.54) is 11.3 Å². The summed E-state index contributed by atoms with van der Waals surface area (Å²) in [6.07, 6.45) is 1.99. The fraction of sp³-hybridized carbons (Fsp3) is 0.417. The average Bonchev–Trinajstić information content (AvgIpc) is 2.92. The number of carbonyl (C=O) groups is 1. The number of aromatic amines is 1. The molecule has 1 amide bonds. The van der Waals surface area contributed by atoms with Gasteiger partial charge in [0.2, 0.25) is 0 Å². The molecule has 0 bridgehead atoms. The predicted molar refractivity (Wildman–Crippen MR) is 87.0 cm³/mol. The van der Waals surface area contributed by atoms with Crippen LogP contribution in [0.5, 0.6) is 0 Å². The van der Waals surface area contributed by atoms with Crippen molar-refractivity contribution < 1.29 is 4.79 Å². The molecule has 0 atom stereocenters. The molecule has 0 radical (unpaired) electrons. The first-order valence-electron chi connectivity index (χ1n) is 6.00. The molecule has 5 nitrogen and oxygen atoms in total. The fourth-order valence-corrected chi connectivity index (χ4v) is 4.08. The first-order chi connectivity index (χ1) is 9.43. The maximum absolute atomic E-state index is 12.2. The van der Waals surface area contributed by atoms with Crippen molar-refractivity contribution in [2.24, 2.45) is 0 Å². The number of amides is 1. The number of carbonyl (C=O) groups excluding carboxylic acids is 1. The van der Waals surface area contributed by atoms with Crippen molar-refractivity contribution in [1.82, 2.24) is 15.2 Å². The van der Waals surface area contributed by atoms with E-state index in [0.717, 1.165) is 15.6 Å². The lowest BCUT2D eigenvalue weighted by atomic mass is 10.1. The number of aromatic nitrogens is 3. The molecular formula is C12H15BrN4OS2. The average molecular weight is 375 g/mol. The molecule has 8 heteroatoms. The lowest BCUT2D eigenvalue weighted by Gasteiger charge is -2.01. The molecule has 0 aliphatic heterocycles. The second kappa shape index (κ2) is 6.28. The molecule has 2 rings (SSSR count). The van der Waals surface area contributed by atoms with Crippen molar-refractivity contribution >= 4 is 50.1 Å². The number of thioether (sulfide) groups is 1. The highest BCUT2D eigenvalue weighted by Crippen LogP contribution is 2.31. The minimum atomic E-state index is -0.263. The summed E-state index contributed by atoms with van der Waals surface area (Å²) in [4.78, 5) is 16.5. The predicted octanol–water partition coefficient (Wildman–Crippen LogP) is 4.03. The Morgan fingerprint density at radius 1 is 1.50 bits per heavy atom. The highest BCUT2D eigenvalue weighted by molar-refractivity contribution is 9.10. The molecule has 0 aromatic carbocycles. The monoisotopic (exact) mass is 374 g/mol. The topological polar surface area (TPSA) is 70.7 Å². The van der Waals surface area contributed by atoms with Gasteiger partial charge in [-0.05, 0) is 35.0 Å². The van der Waals surface area contributed by atoms with Crippen LogP contribution in [0.4, 0.5) is 5.13 Å². The summed E-state index contributed by atoms with van der Waals surface area (Å²) in [5.74, 6) is 0.00468. The summed E-state index contributed by atoms with van der Waals surface area (Å²) in [6, 6.07) is 0. The second-order valence-electron chi connectivity index (χ2n) is 4.50. The van der Waals surface area contributed by atoms with Gasteiger partial charge in [-0.3, -0.25) is 15.2 Å². The summed E-state index contributed by atoms with van der Waals surface area (Å²) in [5.41, 5.74) is 2.20. The number of nitrogens with one attached hydrogen (secondary N) is 2. The van der Waals surface area contributed by atoms with Crippen LogP contribution < -0.4 is 5.32 Å². The molecule has 0 saturated carbocycles. The van der Waals surface area contributed by atoms with Crippen LogP contribution in [-0.2, 0) is 0 Å². The van der Waals surface area contributed by atoms with Gasteiger partial charge >= 0.3 is 0 Å². The number of thiazole rings is 1. The molecular weight excluding hydrogens is 360 g/mol. The standard InChI is InChI=1S/C12H15BrN4OS2/c1-5(2)8-7(13)9(17-16-8)10(18)15-12-14-6(3)11(19-4)20-12/h5H,1-4H3,(H,16,17)(H,14,15,18). The maximum Gasteiger partial charge on any atom is 0.279 e. The summed E-state index contributed by atoms with van der Waals surface area (Å²) in [6.45, 7) is 6.00. The van der Waals surface area contributed by atoms with Gasteiger partial charge in [0, 0.05) is 0 Å². The van der Waals surface area contributed by atoms with Gasteiger partial charge in [0.25, 0.3) is 5.91 Å². The van der Waals surface area contributed by atoms with Crippen molar-refractivity contribution in [3.63, 3.8) is 0 Å². The molecule has 0 fully saturated rings. The lowest BCUT2D eigenvalue weighted by Crippen LogP contribution is -2.12. The number of hydrogen-bond acceptors (Lipinski definition) is 5. The first kappa shape index (κ1) is 15.5. The van der Waals surface area contributed by atoms with Gasteiger partial charge in [0.05, 0.1) is 20.1 Å². The Kier molecular flexibility index (Phi) is 4.87. The molecule has 0 aliphatic carbocycles. The molecule has 2 N–H and O–H groups in total. The minimum absolute atomic E-state index is 0.263. The smallest absolute Gasteiger partial charge is 0.279 e. The molecule has 2 aromatic rings. The van der Waals surface area contributed by atoms with E-state index in [9.17, 15) is 4.79 Å². The Morgan fingerprint density at radius 2 is 2.20 bits per heavy atom. The summed E-state index contributed by atoms with van der Waals surface area (Å²) < 4.78 is 1.81. The van der Waals surface area contributed by atoms with E-state index in [1.807, 2.05) is 27.0 Å². The molecule has 0 unspecified atom stereocenters. The number of anilines is 1. The van der Waals surface area contributed by atoms with Gasteiger partial charge in [-0.25, -0.2) is 4.98 Å². The van der Waals surface area contributed by atoms with Crippen LogP contribution in [0.25, 0.3) is 0 Å². The van der Waals surface area contributed by atoms with Crippen molar-refractivity contribution in [2.75, 3.05) is 11.6 Å². The van der Waals surface area contributed by atoms with Crippen LogP contribution in [0.15, 0.2) is 8.68 Å². The van der Waals surface area contributed by atoms with E-state index in [1.54, 1.807) is 11.8 Å². The zero-order chi connectivity index (χ0) is 14.9. The van der Waals surface area contributed by atoms with Crippen LogP contribution in [0.3, 0.4) is 0 Å². The quantitative estimate of drug-likeness (QED) is 0.792. The number of aryl methyl sites for hydroxylation is 1. The number of H-pyrrole nitrogens is 1. The molecule has 0 aliphatic rings. The number of hydrogen-bond donors (Lipinski definition) is 2. The van der Waals surface area contributed by atoms with E-state index in [-0.39, 0.29) is 11.8 Å². The van der Waals surface area contributed by atoms with E-state index >= 15 is 0 Å². The third kappa shape index (κ3) is 3.07. The van der Waals surface area contributed by atoms with Gasteiger partial charge < -0.3 is 0 Å². The van der Waals surface area contributed by atoms with Gasteiger partial charge in [-0.15, -0.1) is 11.8 Å². The molecule has 108 valence electrons. The third-order valence-corrected chi connectivity index (χ3v) is 5.77. The summed E-state index contributed by atoms with van der Waals surface area (Å²) in [7, 11) is 0. The largest absolute Gasteiger partial charge is 0.296 e. The van der Waals surface area contributed by atoms with Gasteiger partial charge in [-0.1, -0.05) is 25.2 Å². The molecule has 2 aromatic heterocycles. The van der Waals surface area contributed by atoms with Crippen molar-refractivity contribution in [3.05, 3.63) is 21.6 Å². The molecule has 0 spiro atoms. The van der Waals surface area contributed by atoms with Crippen molar-refractivity contribution in [2.45, 2.75) is 30.9 Å². The van der Waals surface area contributed by atoms with Crippen LogP contribution in [0, 0.1) is 6.92 Å². The number of rotatable bonds is 4. The van der Waals surface area contributed by atoms with E-state index in [2.05, 4.69) is 36.4 Å². The first-order valence-corrected chi connectivity index (χ1v) is 8.84. The maximum atomic E-state index is 12.2. The van der Waals surface area contributed by atoms with Crippen LogP contribution in [0.1, 0.15) is 41.6 Å². The molecule has 0 saturated heterocycles. The lowest BCUT2D eigenvalue weighted by molar-refractivity contribution is 0.102. The fourth-order valence-electron chi connectivity index (χ4n) is 1.66. The highest BCUT2D eigenvalue weighted by atomic mass is 79.9. The Labute approximate surface area is 134 Å². The third-order valence-electron chi connectivity index (χ3n) is 2.68. The summed E-state index contributed by atoms with van der Waals surface area (Å²) in [5, 5.41) is 10.3. The normalized spacial score (nSPS) is 11.1. The summed E-state index contributed by atoms with van der Waals surface area (Å²) >= 11 is 6.52. The van der Waals surface area contributed by atoms with E-state index in [4.69, 9.17) is 0 Å². The Balaban J connectivity index is 2.19. The second-order valence-corrected chi connectivity index (χ2v) is 7.37. The van der Waals surface area contributed by atoms with Crippen LogP contribution in [-0.4, -0.2) is 27.3 Å². The Morgan fingerprint density at radius 3 is 2.70 bits per heavy atom. The molecule has 20 heavy (non-hydrogen) atoms. The van der Waals surface area contributed by atoms with E-state index < -0.39 is 0 Å². The van der Waals surface area contributed by atoms with Gasteiger partial charge in [0.15, 0.2) is 10.8 Å².